The molecule has 2 rings (SSSR count). The van der Waals surface area contributed by atoms with Crippen LogP contribution in [0.5, 0.6) is 0 Å². The van der Waals surface area contributed by atoms with Crippen LogP contribution in [0.15, 0.2) is 29.2 Å². The van der Waals surface area contributed by atoms with E-state index in [2.05, 4.69) is 5.32 Å². The van der Waals surface area contributed by atoms with Crippen LogP contribution in [-0.2, 0) is 14.8 Å². The lowest BCUT2D eigenvalue weighted by Crippen LogP contribution is -2.51. The predicted molar refractivity (Wildman–Crippen MR) is 80.8 cm³/mol. The fraction of sp³-hybridized carbons (Fsp3) is 0.571. The summed E-state index contributed by atoms with van der Waals surface area (Å²) >= 11 is 0. The van der Waals surface area contributed by atoms with Crippen LogP contribution in [0.1, 0.15) is 13.8 Å². The molecule has 1 fully saturated rings. The summed E-state index contributed by atoms with van der Waals surface area (Å²) in [6.07, 6.45) is -0.470. The lowest BCUT2D eigenvalue weighted by Gasteiger charge is -2.36. The zero-order valence-electron chi connectivity index (χ0n) is 12.3. The number of hydrogen-bond acceptors (Lipinski definition) is 5. The van der Waals surface area contributed by atoms with Crippen molar-refractivity contribution < 1.29 is 18.3 Å². The lowest BCUT2D eigenvalue weighted by atomic mass is 10.2. The highest BCUT2D eigenvalue weighted by molar-refractivity contribution is 7.89. The molecule has 1 aliphatic heterocycles. The van der Waals surface area contributed by atoms with E-state index in [0.29, 0.717) is 12.2 Å². The number of nitrogens with zero attached hydrogens (tertiary/aromatic N) is 1. The average Bonchev–Trinajstić information content (AvgIpc) is 2.48. The molecule has 1 aliphatic rings. The van der Waals surface area contributed by atoms with Gasteiger partial charge in [-0.05, 0) is 26.0 Å². The predicted octanol–water partition coefficient (Wildman–Crippen LogP) is 0.889. The van der Waals surface area contributed by atoms with E-state index in [-0.39, 0.29) is 30.7 Å². The Balaban J connectivity index is 2.36. The van der Waals surface area contributed by atoms with Crippen molar-refractivity contribution in [2.75, 3.05) is 31.6 Å². The highest BCUT2D eigenvalue weighted by Crippen LogP contribution is 2.27. The summed E-state index contributed by atoms with van der Waals surface area (Å²) in [5.74, 6) is 0. The van der Waals surface area contributed by atoms with Gasteiger partial charge in [0.05, 0.1) is 25.0 Å². The lowest BCUT2D eigenvalue weighted by molar-refractivity contribution is -0.0516. The third-order valence-electron chi connectivity index (χ3n) is 3.49. The van der Waals surface area contributed by atoms with Crippen LogP contribution in [-0.4, -0.2) is 56.3 Å². The molecule has 1 heterocycles. The zero-order chi connectivity index (χ0) is 15.5. The number of ether oxygens (including phenoxy) is 1. The third-order valence-corrected chi connectivity index (χ3v) is 5.53. The minimum absolute atomic E-state index is 0.167. The Labute approximate surface area is 125 Å². The van der Waals surface area contributed by atoms with Crippen LogP contribution in [0, 0.1) is 0 Å². The maximum Gasteiger partial charge on any atom is 0.245 e. The summed E-state index contributed by atoms with van der Waals surface area (Å²) in [4.78, 5) is 0.261. The maximum atomic E-state index is 12.9. The minimum atomic E-state index is -3.63. The van der Waals surface area contributed by atoms with Gasteiger partial charge in [-0.1, -0.05) is 12.1 Å². The molecule has 2 atom stereocenters. The Morgan fingerprint density at radius 3 is 2.81 bits per heavy atom. The van der Waals surface area contributed by atoms with Crippen molar-refractivity contribution in [3.05, 3.63) is 24.3 Å². The van der Waals surface area contributed by atoms with Crippen LogP contribution >= 0.6 is 0 Å². The van der Waals surface area contributed by atoms with Gasteiger partial charge in [0.25, 0.3) is 0 Å². The molecule has 0 spiro atoms. The molecule has 0 radical (unpaired) electrons. The van der Waals surface area contributed by atoms with Gasteiger partial charge in [-0.3, -0.25) is 0 Å². The summed E-state index contributed by atoms with van der Waals surface area (Å²) in [5.41, 5.74) is 0.597. The van der Waals surface area contributed by atoms with Gasteiger partial charge >= 0.3 is 0 Å². The second kappa shape index (κ2) is 6.74. The standard InChI is InChI=1S/C14H22N2O4S/c1-3-15-13-6-4-5-7-14(13)21(18,19)16-8-12(9-17)20-10-11(16)2/h4-7,11-12,15,17H,3,8-10H2,1-2H3. The molecule has 0 aromatic heterocycles. The number of aliphatic hydroxyl groups is 1. The number of para-hydroxylation sites is 1. The molecule has 6 nitrogen and oxygen atoms in total. The Bertz CT molecular complexity index is 576. The van der Waals surface area contributed by atoms with Gasteiger partial charge in [0, 0.05) is 19.1 Å². The number of morpholine rings is 1. The normalized spacial score (nSPS) is 24.0. The van der Waals surface area contributed by atoms with Crippen LogP contribution in [0.2, 0.25) is 0 Å². The fourth-order valence-corrected chi connectivity index (χ4v) is 4.21. The van der Waals surface area contributed by atoms with Crippen LogP contribution < -0.4 is 5.32 Å². The van der Waals surface area contributed by atoms with Crippen LogP contribution in [0.4, 0.5) is 5.69 Å². The van der Waals surface area contributed by atoms with E-state index in [1.54, 1.807) is 31.2 Å². The van der Waals surface area contributed by atoms with Gasteiger partial charge in [0.15, 0.2) is 0 Å². The number of hydrogen-bond donors (Lipinski definition) is 2. The Hall–Kier alpha value is -1.15. The number of benzene rings is 1. The molecular formula is C14H22N2O4S. The average molecular weight is 314 g/mol. The van der Waals surface area contributed by atoms with Gasteiger partial charge in [-0.15, -0.1) is 0 Å². The number of nitrogens with one attached hydrogen (secondary N) is 1. The molecule has 0 saturated carbocycles. The fourth-order valence-electron chi connectivity index (χ4n) is 2.39. The quantitative estimate of drug-likeness (QED) is 0.844. The van der Waals surface area contributed by atoms with Crippen molar-refractivity contribution in [1.82, 2.24) is 4.31 Å². The van der Waals surface area contributed by atoms with Gasteiger partial charge in [-0.2, -0.15) is 4.31 Å². The first-order valence-corrected chi connectivity index (χ1v) is 8.52. The van der Waals surface area contributed by atoms with E-state index < -0.39 is 16.1 Å². The van der Waals surface area contributed by atoms with Crippen molar-refractivity contribution in [1.29, 1.82) is 0 Å². The molecule has 0 bridgehead atoms. The number of sulfonamides is 1. The molecule has 1 aromatic rings. The van der Waals surface area contributed by atoms with Crippen LogP contribution in [0.3, 0.4) is 0 Å². The summed E-state index contributed by atoms with van der Waals surface area (Å²) in [6.45, 7) is 4.63. The Kier molecular flexibility index (Phi) is 5.21. The SMILES string of the molecule is CCNc1ccccc1S(=O)(=O)N1CC(CO)OCC1C. The first-order chi connectivity index (χ1) is 10.0. The second-order valence-electron chi connectivity index (χ2n) is 5.09. The highest BCUT2D eigenvalue weighted by Gasteiger charge is 2.36. The molecule has 0 aliphatic carbocycles. The van der Waals surface area contributed by atoms with Gasteiger partial charge in [-0.25, -0.2) is 8.42 Å². The molecule has 118 valence electrons. The van der Waals surface area contributed by atoms with E-state index in [4.69, 9.17) is 4.74 Å². The Morgan fingerprint density at radius 2 is 2.14 bits per heavy atom. The first kappa shape index (κ1) is 16.2. The molecule has 7 heteroatoms. The van der Waals surface area contributed by atoms with Crippen molar-refractivity contribution in [2.45, 2.75) is 30.9 Å². The molecular weight excluding hydrogens is 292 g/mol. The third kappa shape index (κ3) is 3.37. The van der Waals surface area contributed by atoms with Crippen molar-refractivity contribution >= 4 is 15.7 Å². The molecule has 0 amide bonds. The summed E-state index contributed by atoms with van der Waals surface area (Å²) in [7, 11) is -3.63. The van der Waals surface area contributed by atoms with Crippen molar-refractivity contribution in [2.24, 2.45) is 0 Å². The minimum Gasteiger partial charge on any atom is -0.394 e. The second-order valence-corrected chi connectivity index (χ2v) is 6.95. The van der Waals surface area contributed by atoms with Crippen molar-refractivity contribution in [3.63, 3.8) is 0 Å². The van der Waals surface area contributed by atoms with E-state index in [1.165, 1.54) is 4.31 Å². The molecule has 2 unspecified atom stereocenters. The van der Waals surface area contributed by atoms with Crippen LogP contribution in [0.25, 0.3) is 0 Å². The zero-order valence-corrected chi connectivity index (χ0v) is 13.1. The monoisotopic (exact) mass is 314 g/mol. The molecule has 1 saturated heterocycles. The number of aliphatic hydroxyl groups excluding tert-OH is 1. The smallest absolute Gasteiger partial charge is 0.245 e. The van der Waals surface area contributed by atoms with Gasteiger partial charge < -0.3 is 15.2 Å². The maximum absolute atomic E-state index is 12.9. The van der Waals surface area contributed by atoms with Gasteiger partial charge in [0.1, 0.15) is 4.90 Å². The Morgan fingerprint density at radius 1 is 1.43 bits per heavy atom. The van der Waals surface area contributed by atoms with E-state index >= 15 is 0 Å². The number of rotatable bonds is 5. The summed E-state index contributed by atoms with van der Waals surface area (Å²) < 4.78 is 32.6. The van der Waals surface area contributed by atoms with Crippen molar-refractivity contribution in [3.8, 4) is 0 Å². The highest BCUT2D eigenvalue weighted by atomic mass is 32.2. The summed E-state index contributed by atoms with van der Waals surface area (Å²) in [5, 5.41) is 12.3. The molecule has 1 aromatic carbocycles. The molecule has 2 N–H and O–H groups in total. The van der Waals surface area contributed by atoms with Gasteiger partial charge in [0.2, 0.25) is 10.0 Å². The van der Waals surface area contributed by atoms with E-state index in [1.807, 2.05) is 6.92 Å². The van der Waals surface area contributed by atoms with E-state index in [0.717, 1.165) is 0 Å². The topological polar surface area (TPSA) is 78.9 Å². The largest absolute Gasteiger partial charge is 0.394 e. The van der Waals surface area contributed by atoms with E-state index in [9.17, 15) is 13.5 Å². The number of anilines is 1. The molecule has 21 heavy (non-hydrogen) atoms. The first-order valence-electron chi connectivity index (χ1n) is 7.08. The summed E-state index contributed by atoms with van der Waals surface area (Å²) in [6, 6.07) is 6.61.